The second-order valence-electron chi connectivity index (χ2n) is 10.8. The van der Waals surface area contributed by atoms with E-state index in [9.17, 15) is 28.1 Å². The topological polar surface area (TPSA) is 195 Å². The molecule has 5 aromatic rings. The van der Waals surface area contributed by atoms with Crippen LogP contribution in [-0.2, 0) is 20.1 Å². The highest BCUT2D eigenvalue weighted by Crippen LogP contribution is 2.46. The SMILES string of the molecule is NC(=O)c1ccc2c3c(cc([N+](=O)[O-])c2c1)N(C(=O)c1cc2cc(OCCO)ccc2[nH]1)CC3COS(=O)(=O)Cc1ccccc1. The molecule has 1 aromatic heterocycles. The molecule has 236 valence electrons. The van der Waals surface area contributed by atoms with Crippen molar-refractivity contribution >= 4 is 55.0 Å². The summed E-state index contributed by atoms with van der Waals surface area (Å²) < 4.78 is 36.9. The normalized spacial score (nSPS) is 14.5. The number of rotatable bonds is 11. The first kappa shape index (κ1) is 30.7. The fourth-order valence-corrected chi connectivity index (χ4v) is 6.80. The number of nitro groups is 1. The molecule has 13 nitrogen and oxygen atoms in total. The van der Waals surface area contributed by atoms with Gasteiger partial charge in [-0.3, -0.25) is 23.9 Å². The summed E-state index contributed by atoms with van der Waals surface area (Å²) in [5.41, 5.74) is 7.20. The second-order valence-corrected chi connectivity index (χ2v) is 12.4. The lowest BCUT2D eigenvalue weighted by molar-refractivity contribution is -0.383. The number of primary amides is 1. The largest absolute Gasteiger partial charge is 0.491 e. The van der Waals surface area contributed by atoms with Gasteiger partial charge in [-0.2, -0.15) is 8.42 Å². The van der Waals surface area contributed by atoms with Crippen LogP contribution in [0.5, 0.6) is 5.75 Å². The minimum absolute atomic E-state index is 0.0386. The van der Waals surface area contributed by atoms with Crippen molar-refractivity contribution in [3.05, 3.63) is 111 Å². The molecule has 4 N–H and O–H groups in total. The minimum Gasteiger partial charge on any atom is -0.491 e. The highest BCUT2D eigenvalue weighted by atomic mass is 32.2. The molecule has 14 heteroatoms. The first-order valence-corrected chi connectivity index (χ1v) is 15.8. The highest BCUT2D eigenvalue weighted by molar-refractivity contribution is 7.85. The third-order valence-electron chi connectivity index (χ3n) is 7.78. The van der Waals surface area contributed by atoms with Crippen molar-refractivity contribution in [1.29, 1.82) is 0 Å². The molecule has 0 saturated heterocycles. The van der Waals surface area contributed by atoms with Gasteiger partial charge in [0.1, 0.15) is 23.8 Å². The first-order chi connectivity index (χ1) is 22.0. The molecule has 1 atom stereocenters. The standard InChI is InChI=1S/C32H28N4O9S/c33-31(38)20-6-8-24-25(13-20)28(36(40)41)15-29-30(24)22(17-45-46(42,43)18-19-4-2-1-3-5-19)16-35(29)32(39)27-14-21-12-23(44-11-10-37)7-9-26(21)34-27/h1-9,12-15,22,34,37H,10-11,16-18H2,(H2,33,38). The lowest BCUT2D eigenvalue weighted by atomic mass is 9.93. The number of nitro benzene ring substituents is 1. The Morgan fingerprint density at radius 1 is 1.04 bits per heavy atom. The Kier molecular flexibility index (Phi) is 8.17. The molecular weight excluding hydrogens is 616 g/mol. The van der Waals surface area contributed by atoms with Gasteiger partial charge in [-0.05, 0) is 52.9 Å². The summed E-state index contributed by atoms with van der Waals surface area (Å²) in [5.74, 6) is -1.85. The molecule has 4 aromatic carbocycles. The number of carbonyl (C=O) groups excluding carboxylic acids is 2. The van der Waals surface area contributed by atoms with Crippen LogP contribution in [0.2, 0.25) is 0 Å². The van der Waals surface area contributed by atoms with E-state index in [2.05, 4.69) is 4.98 Å². The molecule has 1 unspecified atom stereocenters. The number of benzene rings is 4. The predicted molar refractivity (Wildman–Crippen MR) is 169 cm³/mol. The summed E-state index contributed by atoms with van der Waals surface area (Å²) in [7, 11) is -4.04. The van der Waals surface area contributed by atoms with E-state index >= 15 is 0 Å². The third kappa shape index (κ3) is 6.00. The number of carbonyl (C=O) groups is 2. The molecule has 0 radical (unpaired) electrons. The number of nitrogens with zero attached hydrogens (tertiary/aromatic N) is 2. The van der Waals surface area contributed by atoms with E-state index in [1.807, 2.05) is 0 Å². The van der Waals surface area contributed by atoms with Gasteiger partial charge in [0, 0.05) is 35.0 Å². The number of aliphatic hydroxyl groups excluding tert-OH is 1. The van der Waals surface area contributed by atoms with Gasteiger partial charge >= 0.3 is 0 Å². The van der Waals surface area contributed by atoms with E-state index in [1.54, 1.807) is 54.6 Å². The number of hydrogen-bond acceptors (Lipinski definition) is 9. The van der Waals surface area contributed by atoms with Gasteiger partial charge < -0.3 is 25.5 Å². The summed E-state index contributed by atoms with van der Waals surface area (Å²) in [6.45, 7) is -0.436. The van der Waals surface area contributed by atoms with Crippen molar-refractivity contribution in [3.63, 3.8) is 0 Å². The maximum atomic E-state index is 14.0. The zero-order chi connectivity index (χ0) is 32.6. The molecule has 0 spiro atoms. The van der Waals surface area contributed by atoms with Crippen LogP contribution in [0, 0.1) is 10.1 Å². The quantitative estimate of drug-likeness (QED) is 0.108. The number of anilines is 1. The first-order valence-electron chi connectivity index (χ1n) is 14.2. The number of ether oxygens (including phenoxy) is 1. The van der Waals surface area contributed by atoms with Crippen molar-refractivity contribution < 1.29 is 37.0 Å². The maximum absolute atomic E-state index is 14.0. The Morgan fingerprint density at radius 3 is 2.54 bits per heavy atom. The second kappa shape index (κ2) is 12.2. The molecular formula is C32H28N4O9S. The number of nitrogens with two attached hydrogens (primary N) is 1. The lowest BCUT2D eigenvalue weighted by Crippen LogP contribution is -2.31. The van der Waals surface area contributed by atoms with Crippen LogP contribution in [0.4, 0.5) is 11.4 Å². The van der Waals surface area contributed by atoms with E-state index in [4.69, 9.17) is 19.8 Å². The van der Waals surface area contributed by atoms with Crippen molar-refractivity contribution in [2.75, 3.05) is 31.3 Å². The Balaban J connectivity index is 1.41. The highest BCUT2D eigenvalue weighted by Gasteiger charge is 2.38. The number of fused-ring (bicyclic) bond motifs is 4. The van der Waals surface area contributed by atoms with Gasteiger partial charge in [0.2, 0.25) is 5.91 Å². The Labute approximate surface area is 262 Å². The number of aliphatic hydroxyl groups is 1. The van der Waals surface area contributed by atoms with Crippen LogP contribution in [0.15, 0.2) is 78.9 Å². The average molecular weight is 645 g/mol. The van der Waals surface area contributed by atoms with E-state index in [-0.39, 0.29) is 60.1 Å². The van der Waals surface area contributed by atoms with Gasteiger partial charge in [-0.25, -0.2) is 0 Å². The summed E-state index contributed by atoms with van der Waals surface area (Å²) in [4.78, 5) is 42.0. The molecule has 1 aliphatic rings. The molecule has 0 saturated carbocycles. The van der Waals surface area contributed by atoms with E-state index in [0.717, 1.165) is 0 Å². The van der Waals surface area contributed by atoms with Gasteiger partial charge in [-0.1, -0.05) is 36.4 Å². The van der Waals surface area contributed by atoms with E-state index < -0.39 is 32.8 Å². The Bertz CT molecular complexity index is 2110. The summed E-state index contributed by atoms with van der Waals surface area (Å²) in [6, 6.07) is 20.8. The smallest absolute Gasteiger partial charge is 0.279 e. The molecule has 2 amide bonds. The number of aromatic nitrogens is 1. The van der Waals surface area contributed by atoms with Crippen LogP contribution >= 0.6 is 0 Å². The van der Waals surface area contributed by atoms with Crippen molar-refractivity contribution in [2.24, 2.45) is 5.73 Å². The number of non-ortho nitro benzene ring substituents is 1. The zero-order valence-electron chi connectivity index (χ0n) is 24.2. The van der Waals surface area contributed by atoms with Crippen molar-refractivity contribution in [1.82, 2.24) is 4.98 Å². The molecule has 1 aliphatic heterocycles. The average Bonchev–Trinajstić information content (AvgIpc) is 3.63. The molecule has 46 heavy (non-hydrogen) atoms. The van der Waals surface area contributed by atoms with E-state index in [0.29, 0.717) is 33.2 Å². The molecule has 0 bridgehead atoms. The fourth-order valence-electron chi connectivity index (χ4n) is 5.74. The van der Waals surface area contributed by atoms with Crippen LogP contribution in [0.3, 0.4) is 0 Å². The zero-order valence-corrected chi connectivity index (χ0v) is 25.0. The van der Waals surface area contributed by atoms with Gasteiger partial charge in [0.25, 0.3) is 21.7 Å². The van der Waals surface area contributed by atoms with E-state index in [1.165, 1.54) is 29.2 Å². The Hall–Kier alpha value is -5.31. The summed E-state index contributed by atoms with van der Waals surface area (Å²) in [6.07, 6.45) is 0. The van der Waals surface area contributed by atoms with Crippen molar-refractivity contribution in [3.8, 4) is 5.75 Å². The van der Waals surface area contributed by atoms with Gasteiger partial charge in [-0.15, -0.1) is 0 Å². The molecule has 2 heterocycles. The van der Waals surface area contributed by atoms with Gasteiger partial charge in [0.05, 0.1) is 29.2 Å². The Morgan fingerprint density at radius 2 is 1.83 bits per heavy atom. The van der Waals surface area contributed by atoms with Crippen LogP contribution in [-0.4, -0.2) is 61.6 Å². The predicted octanol–water partition coefficient (Wildman–Crippen LogP) is 3.99. The van der Waals surface area contributed by atoms with Crippen LogP contribution in [0.25, 0.3) is 21.7 Å². The summed E-state index contributed by atoms with van der Waals surface area (Å²) in [5, 5.41) is 22.4. The maximum Gasteiger partial charge on any atom is 0.279 e. The van der Waals surface area contributed by atoms with Crippen LogP contribution in [0.1, 0.15) is 37.9 Å². The van der Waals surface area contributed by atoms with Crippen LogP contribution < -0.4 is 15.4 Å². The summed E-state index contributed by atoms with van der Waals surface area (Å²) >= 11 is 0. The number of aromatic amines is 1. The number of nitrogens with one attached hydrogen (secondary N) is 1. The molecule has 6 rings (SSSR count). The number of hydrogen-bond donors (Lipinski definition) is 3. The molecule has 0 fully saturated rings. The lowest BCUT2D eigenvalue weighted by Gasteiger charge is -2.17. The number of H-pyrrole nitrogens is 1. The molecule has 0 aliphatic carbocycles. The fraction of sp³-hybridized carbons (Fsp3) is 0.188. The monoisotopic (exact) mass is 644 g/mol. The number of amides is 2. The third-order valence-corrected chi connectivity index (χ3v) is 8.96. The van der Waals surface area contributed by atoms with Gasteiger partial charge in [0.15, 0.2) is 0 Å². The van der Waals surface area contributed by atoms with Crippen molar-refractivity contribution in [2.45, 2.75) is 11.7 Å². The minimum atomic E-state index is -4.04.